The molecule has 0 saturated heterocycles. The van der Waals surface area contributed by atoms with Gasteiger partial charge in [0.05, 0.1) is 17.5 Å². The maximum atomic E-state index is 5.28. The van der Waals surface area contributed by atoms with Crippen LogP contribution in [0.4, 0.5) is 0 Å². The van der Waals surface area contributed by atoms with Crippen LogP contribution in [0.25, 0.3) is 17.0 Å². The van der Waals surface area contributed by atoms with Crippen LogP contribution in [0, 0.1) is 5.92 Å². The normalized spacial score (nSPS) is 22.6. The minimum Gasteiger partial charge on any atom is -0.379 e. The lowest BCUT2D eigenvalue weighted by Gasteiger charge is -2.32. The van der Waals surface area contributed by atoms with Gasteiger partial charge in [-0.1, -0.05) is 128 Å². The van der Waals surface area contributed by atoms with Gasteiger partial charge in [-0.25, -0.2) is 0 Å². The molecule has 0 amide bonds. The van der Waals surface area contributed by atoms with Crippen molar-refractivity contribution < 1.29 is 0 Å². The molecule has 222 valence electrons. The van der Waals surface area contributed by atoms with Gasteiger partial charge in [0.25, 0.3) is 0 Å². The van der Waals surface area contributed by atoms with E-state index in [0.29, 0.717) is 0 Å². The predicted molar refractivity (Wildman–Crippen MR) is 190 cm³/mol. The van der Waals surface area contributed by atoms with Crippen LogP contribution in [-0.2, 0) is 0 Å². The lowest BCUT2D eigenvalue weighted by Crippen LogP contribution is -2.26. The predicted octanol–water partition coefficient (Wildman–Crippen LogP) is 9.42. The smallest absolute Gasteiger partial charge is 0.0721 e. The van der Waals surface area contributed by atoms with Crippen molar-refractivity contribution in [1.29, 1.82) is 0 Å². The number of likely N-dealkylation sites (N-methyl/N-ethyl adjacent to an activating group) is 1. The highest BCUT2D eigenvalue weighted by atomic mass is 15.1. The second kappa shape index (κ2) is 12.5. The molecule has 0 radical (unpaired) electrons. The first-order chi connectivity index (χ1) is 22.0. The van der Waals surface area contributed by atoms with Crippen LogP contribution in [0.2, 0.25) is 0 Å². The van der Waals surface area contributed by atoms with E-state index in [0.717, 1.165) is 22.7 Å². The van der Waals surface area contributed by atoms with E-state index in [1.54, 1.807) is 0 Å². The summed E-state index contributed by atoms with van der Waals surface area (Å²) < 4.78 is 0. The van der Waals surface area contributed by atoms with Crippen LogP contribution < -0.4 is 5.32 Å². The van der Waals surface area contributed by atoms with Gasteiger partial charge in [-0.15, -0.1) is 0 Å². The van der Waals surface area contributed by atoms with Gasteiger partial charge in [-0.2, -0.15) is 0 Å². The molecule has 3 nitrogen and oxygen atoms in total. The van der Waals surface area contributed by atoms with Crippen molar-refractivity contribution in [1.82, 2.24) is 10.2 Å². The summed E-state index contributed by atoms with van der Waals surface area (Å²) in [5.41, 5.74) is 11.9. The molecule has 45 heavy (non-hydrogen) atoms. The van der Waals surface area contributed by atoms with Crippen molar-refractivity contribution in [3.8, 4) is 0 Å². The van der Waals surface area contributed by atoms with Gasteiger partial charge in [0, 0.05) is 36.8 Å². The van der Waals surface area contributed by atoms with E-state index < -0.39 is 0 Å². The fraction of sp³-hybridized carbons (Fsp3) is 0.167. The summed E-state index contributed by atoms with van der Waals surface area (Å²) in [6.07, 6.45) is 15.8. The molecule has 0 aromatic heterocycles. The van der Waals surface area contributed by atoms with Crippen molar-refractivity contribution in [2.75, 3.05) is 7.05 Å². The second-order valence-electron chi connectivity index (χ2n) is 12.3. The Balaban J connectivity index is 1.34. The maximum Gasteiger partial charge on any atom is 0.0721 e. The van der Waals surface area contributed by atoms with Gasteiger partial charge < -0.3 is 10.2 Å². The van der Waals surface area contributed by atoms with Crippen molar-refractivity contribution in [2.45, 2.75) is 31.8 Å². The zero-order valence-electron chi connectivity index (χ0n) is 26.1. The fourth-order valence-electron chi connectivity index (χ4n) is 6.70. The molecule has 7 rings (SSSR count). The van der Waals surface area contributed by atoms with Crippen LogP contribution in [0.15, 0.2) is 157 Å². The van der Waals surface area contributed by atoms with Crippen LogP contribution in [0.1, 0.15) is 59.2 Å². The number of rotatable bonds is 6. The van der Waals surface area contributed by atoms with Gasteiger partial charge in [0.1, 0.15) is 0 Å². The number of benzene rings is 4. The van der Waals surface area contributed by atoms with E-state index >= 15 is 0 Å². The first-order valence-electron chi connectivity index (χ1n) is 15.9. The molecule has 3 aliphatic rings. The molecular formula is C42H39N3. The number of aliphatic imine (C=N–C) groups is 1. The van der Waals surface area contributed by atoms with Gasteiger partial charge in [0.15, 0.2) is 0 Å². The summed E-state index contributed by atoms with van der Waals surface area (Å²) in [6.45, 7) is 4.52. The first kappa shape index (κ1) is 28.6. The Morgan fingerprint density at radius 2 is 1.33 bits per heavy atom. The average molecular weight is 586 g/mol. The summed E-state index contributed by atoms with van der Waals surface area (Å²) in [5, 5.41) is 3.70. The lowest BCUT2D eigenvalue weighted by atomic mass is 9.77. The number of dihydropyridines is 1. The highest BCUT2D eigenvalue weighted by Crippen LogP contribution is 2.40. The van der Waals surface area contributed by atoms with Crippen LogP contribution in [-0.4, -0.2) is 23.7 Å². The van der Waals surface area contributed by atoms with Gasteiger partial charge in [-0.05, 0) is 70.2 Å². The fourth-order valence-corrected chi connectivity index (χ4v) is 6.70. The first-order valence-corrected chi connectivity index (χ1v) is 15.9. The molecular weight excluding hydrogens is 546 g/mol. The van der Waals surface area contributed by atoms with Gasteiger partial charge in [-0.3, -0.25) is 4.99 Å². The Labute approximate surface area is 267 Å². The molecule has 0 saturated carbocycles. The summed E-state index contributed by atoms with van der Waals surface area (Å²) in [7, 11) is 2.18. The third-order valence-corrected chi connectivity index (χ3v) is 9.10. The highest BCUT2D eigenvalue weighted by molar-refractivity contribution is 6.06. The molecule has 4 unspecified atom stereocenters. The lowest BCUT2D eigenvalue weighted by molar-refractivity contribution is 0.391. The van der Waals surface area contributed by atoms with E-state index in [1.807, 2.05) is 0 Å². The molecule has 1 N–H and O–H groups in total. The van der Waals surface area contributed by atoms with Crippen molar-refractivity contribution in [3.63, 3.8) is 0 Å². The largest absolute Gasteiger partial charge is 0.379 e. The van der Waals surface area contributed by atoms with E-state index in [1.165, 1.54) is 33.4 Å². The van der Waals surface area contributed by atoms with Gasteiger partial charge in [0.2, 0.25) is 0 Å². The third-order valence-electron chi connectivity index (χ3n) is 9.10. The number of nitrogens with one attached hydrogen (secondary N) is 1. The monoisotopic (exact) mass is 585 g/mol. The Hall–Kier alpha value is -5.15. The van der Waals surface area contributed by atoms with Crippen LogP contribution >= 0.6 is 0 Å². The quantitative estimate of drug-likeness (QED) is 0.244. The Morgan fingerprint density at radius 3 is 2.00 bits per heavy atom. The minimum atomic E-state index is 0.118. The molecule has 4 aromatic carbocycles. The third kappa shape index (κ3) is 5.99. The standard InChI is InChI=1S/C42H39N3/c1-29-14-13-21-39(43-29)36-24-35(25-37(26-36)41-23-22-34(28-45(41)3)31-15-7-4-8-16-31)38-27-40(32-17-9-5-10-18-32)44-42(30(38)2)33-19-11-6-12-20-33/h4-30,38,41,43H,1-3H3. The highest BCUT2D eigenvalue weighted by Gasteiger charge is 2.30. The molecule has 3 heterocycles. The molecule has 0 aliphatic carbocycles. The zero-order valence-corrected chi connectivity index (χ0v) is 26.1. The number of hydrogen-bond acceptors (Lipinski definition) is 3. The van der Waals surface area contributed by atoms with Crippen molar-refractivity contribution >= 4 is 22.7 Å². The van der Waals surface area contributed by atoms with Crippen molar-refractivity contribution in [2.24, 2.45) is 10.9 Å². The average Bonchev–Trinajstić information content (AvgIpc) is 3.09. The molecule has 0 spiro atoms. The Kier molecular flexibility index (Phi) is 7.92. The van der Waals surface area contributed by atoms with Crippen LogP contribution in [0.5, 0.6) is 0 Å². The maximum absolute atomic E-state index is 5.28. The molecule has 0 fully saturated rings. The summed E-state index contributed by atoms with van der Waals surface area (Å²) >= 11 is 0. The minimum absolute atomic E-state index is 0.118. The number of nitrogens with zero attached hydrogens (tertiary/aromatic N) is 2. The number of allylic oxidation sites excluding steroid dienone is 5. The molecule has 4 aromatic rings. The van der Waals surface area contributed by atoms with E-state index in [2.05, 4.69) is 183 Å². The van der Waals surface area contributed by atoms with Crippen molar-refractivity contribution in [3.05, 3.63) is 185 Å². The Bertz CT molecular complexity index is 1860. The van der Waals surface area contributed by atoms with E-state index in [4.69, 9.17) is 4.99 Å². The molecule has 3 heteroatoms. The second-order valence-corrected chi connectivity index (χ2v) is 12.3. The zero-order chi connectivity index (χ0) is 30.8. The van der Waals surface area contributed by atoms with E-state index in [9.17, 15) is 0 Å². The number of hydrogen-bond donors (Lipinski definition) is 1. The summed E-state index contributed by atoms with van der Waals surface area (Å²) in [5.74, 6) is 0.344. The molecule has 0 bridgehead atoms. The van der Waals surface area contributed by atoms with E-state index in [-0.39, 0.29) is 23.9 Å². The SMILES string of the molecule is CC1C=CC=C(c2cc(C3C=C(c4ccccc4)N=C(c4ccccc4)C3C)cc(C3C=CC(c4ccccc4)=CN3C)c2)N1. The van der Waals surface area contributed by atoms with Gasteiger partial charge >= 0.3 is 0 Å². The molecule has 3 aliphatic heterocycles. The Morgan fingerprint density at radius 1 is 0.689 bits per heavy atom. The van der Waals surface area contributed by atoms with Crippen LogP contribution in [0.3, 0.4) is 0 Å². The summed E-state index contributed by atoms with van der Waals surface area (Å²) in [6, 6.07) is 39.4. The molecule has 4 atom stereocenters. The topological polar surface area (TPSA) is 27.6 Å². The summed E-state index contributed by atoms with van der Waals surface area (Å²) in [4.78, 5) is 7.62.